The first-order valence-electron chi connectivity index (χ1n) is 4.38. The Morgan fingerprint density at radius 1 is 1.54 bits per heavy atom. The Morgan fingerprint density at radius 3 is 2.85 bits per heavy atom. The van der Waals surface area contributed by atoms with Crippen molar-refractivity contribution < 1.29 is 9.84 Å². The smallest absolute Gasteiger partial charge is 0.130 e. The lowest BCUT2D eigenvalue weighted by Gasteiger charge is -2.07. The standard InChI is InChI=1S/C11H14O2/c1-3-10(4-2)13-11-7-5-6-9(12)8-11/h3,5-8,12H,4H2,1-2H3. The average molecular weight is 178 g/mol. The van der Waals surface area contributed by atoms with Gasteiger partial charge in [-0.3, -0.25) is 0 Å². The van der Waals surface area contributed by atoms with Crippen LogP contribution in [0.3, 0.4) is 0 Å². The summed E-state index contributed by atoms with van der Waals surface area (Å²) in [5.41, 5.74) is 0. The summed E-state index contributed by atoms with van der Waals surface area (Å²) in [6, 6.07) is 6.79. The lowest BCUT2D eigenvalue weighted by molar-refractivity contribution is 0.402. The number of ether oxygens (including phenoxy) is 1. The molecule has 0 saturated heterocycles. The summed E-state index contributed by atoms with van der Waals surface area (Å²) in [5.74, 6) is 1.81. The van der Waals surface area contributed by atoms with Crippen LogP contribution in [-0.4, -0.2) is 5.11 Å². The molecule has 1 aromatic carbocycles. The van der Waals surface area contributed by atoms with Crippen LogP contribution in [0.4, 0.5) is 0 Å². The summed E-state index contributed by atoms with van der Waals surface area (Å²) in [5, 5.41) is 9.17. The molecule has 0 spiro atoms. The van der Waals surface area contributed by atoms with Gasteiger partial charge in [-0.1, -0.05) is 13.0 Å². The molecule has 0 heterocycles. The first-order valence-corrected chi connectivity index (χ1v) is 4.38. The second-order valence-corrected chi connectivity index (χ2v) is 2.71. The number of rotatable bonds is 3. The average Bonchev–Trinajstić information content (AvgIpc) is 2.14. The Labute approximate surface area is 78.5 Å². The topological polar surface area (TPSA) is 29.5 Å². The monoisotopic (exact) mass is 178 g/mol. The highest BCUT2D eigenvalue weighted by molar-refractivity contribution is 5.32. The first-order chi connectivity index (χ1) is 6.26. The maximum atomic E-state index is 9.17. The van der Waals surface area contributed by atoms with Crippen molar-refractivity contribution in [2.45, 2.75) is 20.3 Å². The molecule has 1 rings (SSSR count). The molecule has 0 aromatic heterocycles. The van der Waals surface area contributed by atoms with E-state index in [1.807, 2.05) is 26.0 Å². The first kappa shape index (κ1) is 9.65. The van der Waals surface area contributed by atoms with Gasteiger partial charge in [0.25, 0.3) is 0 Å². The molecule has 0 amide bonds. The third-order valence-electron chi connectivity index (χ3n) is 1.74. The Balaban J connectivity index is 2.74. The van der Waals surface area contributed by atoms with Gasteiger partial charge < -0.3 is 9.84 Å². The number of benzene rings is 1. The van der Waals surface area contributed by atoms with Crippen molar-refractivity contribution in [2.24, 2.45) is 0 Å². The van der Waals surface area contributed by atoms with E-state index in [9.17, 15) is 5.11 Å². The number of aromatic hydroxyl groups is 1. The van der Waals surface area contributed by atoms with Gasteiger partial charge in [-0.25, -0.2) is 0 Å². The third kappa shape index (κ3) is 2.82. The number of allylic oxidation sites excluding steroid dienone is 2. The van der Waals surface area contributed by atoms with Crippen molar-refractivity contribution in [2.75, 3.05) is 0 Å². The zero-order chi connectivity index (χ0) is 9.68. The number of phenols is 1. The van der Waals surface area contributed by atoms with Crippen LogP contribution in [0.5, 0.6) is 11.5 Å². The minimum absolute atomic E-state index is 0.226. The van der Waals surface area contributed by atoms with Crippen LogP contribution >= 0.6 is 0 Å². The number of hydrogen-bond acceptors (Lipinski definition) is 2. The Kier molecular flexibility index (Phi) is 3.38. The molecule has 13 heavy (non-hydrogen) atoms. The molecular formula is C11H14O2. The summed E-state index contributed by atoms with van der Waals surface area (Å²) in [6.45, 7) is 3.96. The van der Waals surface area contributed by atoms with Gasteiger partial charge in [0.05, 0.1) is 5.76 Å². The van der Waals surface area contributed by atoms with Crippen molar-refractivity contribution in [3.8, 4) is 11.5 Å². The fourth-order valence-electron chi connectivity index (χ4n) is 1.03. The van der Waals surface area contributed by atoms with E-state index in [-0.39, 0.29) is 5.75 Å². The minimum atomic E-state index is 0.226. The van der Waals surface area contributed by atoms with Gasteiger partial charge in [0.1, 0.15) is 11.5 Å². The second-order valence-electron chi connectivity index (χ2n) is 2.71. The van der Waals surface area contributed by atoms with E-state index in [2.05, 4.69) is 0 Å². The van der Waals surface area contributed by atoms with Crippen molar-refractivity contribution in [3.63, 3.8) is 0 Å². The van der Waals surface area contributed by atoms with E-state index in [1.165, 1.54) is 0 Å². The van der Waals surface area contributed by atoms with Crippen LogP contribution < -0.4 is 4.74 Å². The van der Waals surface area contributed by atoms with Crippen LogP contribution in [0, 0.1) is 0 Å². The highest BCUT2D eigenvalue weighted by atomic mass is 16.5. The fraction of sp³-hybridized carbons (Fsp3) is 0.273. The zero-order valence-corrected chi connectivity index (χ0v) is 7.95. The Morgan fingerprint density at radius 2 is 2.31 bits per heavy atom. The quantitative estimate of drug-likeness (QED) is 0.721. The van der Waals surface area contributed by atoms with Gasteiger partial charge in [-0.2, -0.15) is 0 Å². The molecule has 0 bridgehead atoms. The molecule has 0 saturated carbocycles. The zero-order valence-electron chi connectivity index (χ0n) is 7.95. The van der Waals surface area contributed by atoms with Crippen molar-refractivity contribution >= 4 is 0 Å². The molecule has 0 aliphatic carbocycles. The summed E-state index contributed by atoms with van der Waals surface area (Å²) >= 11 is 0. The summed E-state index contributed by atoms with van der Waals surface area (Å²) in [6.07, 6.45) is 2.77. The fourth-order valence-corrected chi connectivity index (χ4v) is 1.03. The lowest BCUT2D eigenvalue weighted by Crippen LogP contribution is -1.92. The largest absolute Gasteiger partial charge is 0.508 e. The molecule has 0 unspecified atom stereocenters. The second kappa shape index (κ2) is 4.55. The van der Waals surface area contributed by atoms with Crippen LogP contribution in [0.25, 0.3) is 0 Å². The molecule has 0 aliphatic rings. The van der Waals surface area contributed by atoms with Crippen LogP contribution in [0.2, 0.25) is 0 Å². The van der Waals surface area contributed by atoms with E-state index in [4.69, 9.17) is 4.74 Å². The van der Waals surface area contributed by atoms with E-state index < -0.39 is 0 Å². The highest BCUT2D eigenvalue weighted by Crippen LogP contribution is 2.20. The summed E-state index contributed by atoms with van der Waals surface area (Å²) in [4.78, 5) is 0. The Hall–Kier alpha value is -1.44. The molecule has 0 atom stereocenters. The van der Waals surface area contributed by atoms with Gasteiger partial charge in [0, 0.05) is 12.5 Å². The van der Waals surface area contributed by atoms with Crippen LogP contribution in [0.15, 0.2) is 36.1 Å². The predicted molar refractivity (Wildman–Crippen MR) is 52.8 cm³/mol. The van der Waals surface area contributed by atoms with Crippen molar-refractivity contribution in [3.05, 3.63) is 36.1 Å². The summed E-state index contributed by atoms with van der Waals surface area (Å²) in [7, 11) is 0. The van der Waals surface area contributed by atoms with E-state index in [1.54, 1.807) is 18.2 Å². The van der Waals surface area contributed by atoms with Crippen LogP contribution in [-0.2, 0) is 0 Å². The van der Waals surface area contributed by atoms with Crippen molar-refractivity contribution in [1.82, 2.24) is 0 Å². The molecule has 2 nitrogen and oxygen atoms in total. The Bertz CT molecular complexity index is 303. The molecule has 0 fully saturated rings. The normalized spacial score (nSPS) is 11.4. The molecule has 0 aliphatic heterocycles. The van der Waals surface area contributed by atoms with Gasteiger partial charge in [0.2, 0.25) is 0 Å². The molecule has 70 valence electrons. The molecule has 1 N–H and O–H groups in total. The third-order valence-corrected chi connectivity index (χ3v) is 1.74. The highest BCUT2D eigenvalue weighted by Gasteiger charge is 1.97. The van der Waals surface area contributed by atoms with Gasteiger partial charge in [0.15, 0.2) is 0 Å². The lowest BCUT2D eigenvalue weighted by atomic mass is 10.3. The summed E-state index contributed by atoms with van der Waals surface area (Å²) < 4.78 is 5.49. The van der Waals surface area contributed by atoms with E-state index in [0.29, 0.717) is 5.75 Å². The number of phenolic OH excluding ortho intramolecular Hbond substituents is 1. The van der Waals surface area contributed by atoms with Gasteiger partial charge in [-0.15, -0.1) is 0 Å². The van der Waals surface area contributed by atoms with Gasteiger partial charge >= 0.3 is 0 Å². The minimum Gasteiger partial charge on any atom is -0.508 e. The molecule has 1 aromatic rings. The molecular weight excluding hydrogens is 164 g/mol. The van der Waals surface area contributed by atoms with E-state index in [0.717, 1.165) is 12.2 Å². The SMILES string of the molecule is CC=C(CC)Oc1cccc(O)c1. The van der Waals surface area contributed by atoms with Crippen molar-refractivity contribution in [1.29, 1.82) is 0 Å². The molecule has 0 radical (unpaired) electrons. The predicted octanol–water partition coefficient (Wildman–Crippen LogP) is 3.08. The number of hydrogen-bond donors (Lipinski definition) is 1. The maximum Gasteiger partial charge on any atom is 0.130 e. The molecule has 2 heteroatoms. The van der Waals surface area contributed by atoms with E-state index >= 15 is 0 Å². The van der Waals surface area contributed by atoms with Crippen LogP contribution in [0.1, 0.15) is 20.3 Å². The van der Waals surface area contributed by atoms with Gasteiger partial charge in [-0.05, 0) is 25.1 Å². The maximum absolute atomic E-state index is 9.17.